The highest BCUT2D eigenvalue weighted by Gasteiger charge is 2.32. The van der Waals surface area contributed by atoms with Gasteiger partial charge < -0.3 is 10.1 Å². The Balaban J connectivity index is 2.12. The van der Waals surface area contributed by atoms with E-state index in [4.69, 9.17) is 4.74 Å². The highest BCUT2D eigenvalue weighted by atomic mass is 32.2. The molecule has 0 heterocycles. The molecule has 7 heteroatoms. The number of nitrogens with one attached hydrogen (secondary N) is 1. The zero-order valence-corrected chi connectivity index (χ0v) is 19.0. The summed E-state index contributed by atoms with van der Waals surface area (Å²) < 4.78 is 31.7. The molecule has 2 rings (SSSR count). The first-order chi connectivity index (χ1) is 14.3. The number of sulfonamides is 1. The largest absolute Gasteiger partial charge is 0.494 e. The molecule has 6 nitrogen and oxygen atoms in total. The lowest BCUT2D eigenvalue weighted by atomic mass is 10.1. The summed E-state index contributed by atoms with van der Waals surface area (Å²) in [5.74, 6) is 0.360. The van der Waals surface area contributed by atoms with Crippen LogP contribution < -0.4 is 14.4 Å². The van der Waals surface area contributed by atoms with Gasteiger partial charge in [0.2, 0.25) is 15.9 Å². The summed E-state index contributed by atoms with van der Waals surface area (Å²) in [6, 6.07) is 15.9. The zero-order chi connectivity index (χ0) is 22.1. The maximum Gasteiger partial charge on any atom is 0.244 e. The van der Waals surface area contributed by atoms with Crippen molar-refractivity contribution in [3.8, 4) is 5.75 Å². The highest BCUT2D eigenvalue weighted by Crippen LogP contribution is 2.25. The molecule has 0 aromatic heterocycles. The molecular weight excluding hydrogens is 400 g/mol. The lowest BCUT2D eigenvalue weighted by Crippen LogP contribution is -2.51. The number of carbonyl (C=O) groups excluding carboxylic acids is 1. The Hall–Kier alpha value is -2.54. The van der Waals surface area contributed by atoms with Gasteiger partial charge in [0, 0.05) is 6.04 Å². The van der Waals surface area contributed by atoms with Gasteiger partial charge in [-0.05, 0) is 62.9 Å². The van der Waals surface area contributed by atoms with E-state index in [-0.39, 0.29) is 11.9 Å². The lowest BCUT2D eigenvalue weighted by molar-refractivity contribution is -0.122. The molecule has 164 valence electrons. The minimum absolute atomic E-state index is 0.0755. The van der Waals surface area contributed by atoms with Crippen molar-refractivity contribution in [2.24, 2.45) is 0 Å². The second-order valence-electron chi connectivity index (χ2n) is 7.34. The van der Waals surface area contributed by atoms with Gasteiger partial charge in [0.1, 0.15) is 11.8 Å². The maximum atomic E-state index is 13.0. The van der Waals surface area contributed by atoms with E-state index in [0.717, 1.165) is 19.1 Å². The van der Waals surface area contributed by atoms with E-state index in [9.17, 15) is 13.2 Å². The lowest BCUT2D eigenvalue weighted by Gasteiger charge is -2.31. The molecule has 0 aliphatic carbocycles. The molecule has 0 unspecified atom stereocenters. The molecule has 0 aliphatic rings. The van der Waals surface area contributed by atoms with Crippen molar-refractivity contribution in [2.75, 3.05) is 17.2 Å². The van der Waals surface area contributed by atoms with Crippen molar-refractivity contribution >= 4 is 21.6 Å². The number of nitrogens with zero attached hydrogens (tertiary/aromatic N) is 1. The van der Waals surface area contributed by atoms with Crippen molar-refractivity contribution in [3.63, 3.8) is 0 Å². The molecule has 2 aromatic rings. The smallest absolute Gasteiger partial charge is 0.244 e. The molecule has 0 saturated carbocycles. The number of aryl methyl sites for hydroxylation is 1. The topological polar surface area (TPSA) is 75.7 Å². The fraction of sp³-hybridized carbons (Fsp3) is 0.435. The third-order valence-electron chi connectivity index (χ3n) is 4.83. The van der Waals surface area contributed by atoms with Crippen LogP contribution in [0, 0.1) is 0 Å². The summed E-state index contributed by atoms with van der Waals surface area (Å²) >= 11 is 0. The number of hydrogen-bond acceptors (Lipinski definition) is 4. The van der Waals surface area contributed by atoms with Crippen LogP contribution in [0.25, 0.3) is 0 Å². The molecule has 2 aromatic carbocycles. The van der Waals surface area contributed by atoms with E-state index in [2.05, 4.69) is 17.4 Å². The van der Waals surface area contributed by atoms with E-state index >= 15 is 0 Å². The summed E-state index contributed by atoms with van der Waals surface area (Å²) in [7, 11) is -3.66. The molecule has 0 aliphatic heterocycles. The first-order valence-electron chi connectivity index (χ1n) is 10.3. The fourth-order valence-electron chi connectivity index (χ4n) is 3.36. The van der Waals surface area contributed by atoms with Crippen molar-refractivity contribution in [1.29, 1.82) is 0 Å². The first-order valence-corrected chi connectivity index (χ1v) is 12.2. The minimum atomic E-state index is -3.66. The Bertz CT molecular complexity index is 899. The minimum Gasteiger partial charge on any atom is -0.494 e. The van der Waals surface area contributed by atoms with E-state index in [0.29, 0.717) is 24.5 Å². The predicted molar refractivity (Wildman–Crippen MR) is 121 cm³/mol. The monoisotopic (exact) mass is 432 g/mol. The van der Waals surface area contributed by atoms with E-state index in [1.54, 1.807) is 24.3 Å². The third kappa shape index (κ3) is 6.76. The summed E-state index contributed by atoms with van der Waals surface area (Å²) in [6.45, 7) is 6.16. The molecule has 2 atom stereocenters. The Morgan fingerprint density at radius 2 is 1.70 bits per heavy atom. The van der Waals surface area contributed by atoms with E-state index in [1.165, 1.54) is 9.87 Å². The van der Waals surface area contributed by atoms with Crippen LogP contribution in [0.5, 0.6) is 5.75 Å². The molecule has 30 heavy (non-hydrogen) atoms. The number of hydrogen-bond donors (Lipinski definition) is 1. The Kier molecular flexibility index (Phi) is 8.72. The molecule has 0 bridgehead atoms. The second kappa shape index (κ2) is 11.0. The van der Waals surface area contributed by atoms with Crippen molar-refractivity contribution < 1.29 is 17.9 Å². The van der Waals surface area contributed by atoms with E-state index in [1.807, 2.05) is 39.0 Å². The standard InChI is InChI=1S/C23H32N2O4S/c1-5-22(23(26)24-18(3)12-13-19-10-8-7-9-11-19)25(30(4,27)28)20-14-16-21(17-15-20)29-6-2/h7-11,14-18,22H,5-6,12-13H2,1-4H3,(H,24,26)/t18-,22+/m1/s1. The molecule has 0 fully saturated rings. The Morgan fingerprint density at radius 3 is 2.23 bits per heavy atom. The van der Waals surface area contributed by atoms with Crippen molar-refractivity contribution in [3.05, 3.63) is 60.2 Å². The molecule has 0 spiro atoms. The number of ether oxygens (including phenoxy) is 1. The van der Waals surface area contributed by atoms with Crippen LogP contribution in [-0.4, -0.2) is 39.3 Å². The van der Waals surface area contributed by atoms with Gasteiger partial charge in [0.05, 0.1) is 18.6 Å². The van der Waals surface area contributed by atoms with Crippen LogP contribution in [0.2, 0.25) is 0 Å². The molecule has 0 saturated heterocycles. The van der Waals surface area contributed by atoms with Gasteiger partial charge in [-0.15, -0.1) is 0 Å². The average molecular weight is 433 g/mol. The summed E-state index contributed by atoms with van der Waals surface area (Å²) in [6.07, 6.45) is 3.09. The highest BCUT2D eigenvalue weighted by molar-refractivity contribution is 7.92. The van der Waals surface area contributed by atoms with Gasteiger partial charge >= 0.3 is 0 Å². The fourth-order valence-corrected chi connectivity index (χ4v) is 4.57. The second-order valence-corrected chi connectivity index (χ2v) is 9.20. The van der Waals surface area contributed by atoms with Crippen LogP contribution in [0.4, 0.5) is 5.69 Å². The number of amides is 1. The molecule has 0 radical (unpaired) electrons. The number of rotatable bonds is 11. The van der Waals surface area contributed by atoms with Gasteiger partial charge in [-0.3, -0.25) is 9.10 Å². The van der Waals surface area contributed by atoms with Crippen LogP contribution in [0.3, 0.4) is 0 Å². The number of carbonyl (C=O) groups is 1. The van der Waals surface area contributed by atoms with Crippen molar-refractivity contribution in [1.82, 2.24) is 5.32 Å². The van der Waals surface area contributed by atoms with Crippen LogP contribution in [-0.2, 0) is 21.2 Å². The molecule has 1 amide bonds. The predicted octanol–water partition coefficient (Wildman–Crippen LogP) is 3.77. The Labute approximate surface area is 180 Å². The summed E-state index contributed by atoms with van der Waals surface area (Å²) in [5.41, 5.74) is 1.65. The van der Waals surface area contributed by atoms with Gasteiger partial charge in [-0.25, -0.2) is 8.42 Å². The number of anilines is 1. The quantitative estimate of drug-likeness (QED) is 0.586. The van der Waals surface area contributed by atoms with Gasteiger partial charge in [-0.2, -0.15) is 0 Å². The summed E-state index contributed by atoms with van der Waals surface area (Å²) in [4.78, 5) is 13.0. The average Bonchev–Trinajstić information content (AvgIpc) is 2.71. The van der Waals surface area contributed by atoms with Crippen LogP contribution >= 0.6 is 0 Å². The zero-order valence-electron chi connectivity index (χ0n) is 18.2. The summed E-state index contributed by atoms with van der Waals surface area (Å²) in [5, 5.41) is 2.99. The van der Waals surface area contributed by atoms with Crippen molar-refractivity contribution in [2.45, 2.75) is 52.1 Å². The van der Waals surface area contributed by atoms with Crippen LogP contribution in [0.15, 0.2) is 54.6 Å². The normalized spacial score (nSPS) is 13.3. The van der Waals surface area contributed by atoms with E-state index < -0.39 is 16.1 Å². The van der Waals surface area contributed by atoms with Gasteiger partial charge in [-0.1, -0.05) is 37.3 Å². The first kappa shape index (κ1) is 23.7. The SMILES string of the molecule is CCOc1ccc(N([C@@H](CC)C(=O)N[C@H](C)CCc2ccccc2)S(C)(=O)=O)cc1. The maximum absolute atomic E-state index is 13.0. The Morgan fingerprint density at radius 1 is 1.07 bits per heavy atom. The van der Waals surface area contributed by atoms with Gasteiger partial charge in [0.25, 0.3) is 0 Å². The van der Waals surface area contributed by atoms with Gasteiger partial charge in [0.15, 0.2) is 0 Å². The van der Waals surface area contributed by atoms with Crippen LogP contribution in [0.1, 0.15) is 39.2 Å². The molecular formula is C23H32N2O4S. The third-order valence-corrected chi connectivity index (χ3v) is 6.01. The molecule has 1 N–H and O–H groups in total. The number of benzene rings is 2.